The average Bonchev–Trinajstić information content (AvgIpc) is 2.47. The molecule has 2 N–H and O–H groups in total. The van der Waals surface area contributed by atoms with E-state index in [1.165, 1.54) is 0 Å². The van der Waals surface area contributed by atoms with Crippen LogP contribution in [0.5, 0.6) is 0 Å². The van der Waals surface area contributed by atoms with E-state index in [1.54, 1.807) is 6.07 Å². The number of fused-ring (bicyclic) bond motifs is 1. The van der Waals surface area contributed by atoms with Crippen LogP contribution in [0.2, 0.25) is 0 Å². The van der Waals surface area contributed by atoms with Crippen LogP contribution in [0, 0.1) is 6.92 Å². The summed E-state index contributed by atoms with van der Waals surface area (Å²) in [5.74, 6) is -0.934. The number of aromatic amines is 1. The molecular formula is C10H8BrNO2. The minimum atomic E-state index is -0.934. The van der Waals surface area contributed by atoms with Crippen molar-refractivity contribution in [3.63, 3.8) is 0 Å². The number of hydrogen-bond acceptors (Lipinski definition) is 1. The fourth-order valence-corrected chi connectivity index (χ4v) is 2.06. The molecule has 2 aromatic rings. The number of H-pyrrole nitrogens is 1. The summed E-state index contributed by atoms with van der Waals surface area (Å²) in [6.07, 6.45) is 0. The number of aromatic nitrogens is 1. The van der Waals surface area contributed by atoms with Crippen LogP contribution in [0.3, 0.4) is 0 Å². The highest BCUT2D eigenvalue weighted by Crippen LogP contribution is 2.24. The first-order valence-electron chi connectivity index (χ1n) is 4.10. The SMILES string of the molecule is Cc1cc(Br)cc2[nH]c(C(=O)O)cc12. The summed E-state index contributed by atoms with van der Waals surface area (Å²) in [6.45, 7) is 1.95. The van der Waals surface area contributed by atoms with Crippen molar-refractivity contribution in [2.24, 2.45) is 0 Å². The molecule has 0 amide bonds. The quantitative estimate of drug-likeness (QED) is 0.821. The van der Waals surface area contributed by atoms with E-state index in [-0.39, 0.29) is 5.69 Å². The van der Waals surface area contributed by atoms with Gasteiger partial charge in [0, 0.05) is 15.4 Å². The first-order valence-corrected chi connectivity index (χ1v) is 4.89. The molecule has 0 aliphatic heterocycles. The number of carboxylic acids is 1. The van der Waals surface area contributed by atoms with Gasteiger partial charge in [-0.15, -0.1) is 0 Å². The molecule has 3 nitrogen and oxygen atoms in total. The number of benzene rings is 1. The third-order valence-corrected chi connectivity index (χ3v) is 2.60. The highest BCUT2D eigenvalue weighted by atomic mass is 79.9. The lowest BCUT2D eigenvalue weighted by Gasteiger charge is -1.96. The van der Waals surface area contributed by atoms with Crippen molar-refractivity contribution in [1.29, 1.82) is 0 Å². The number of hydrogen-bond donors (Lipinski definition) is 2. The van der Waals surface area contributed by atoms with Gasteiger partial charge in [0.1, 0.15) is 5.69 Å². The third-order valence-electron chi connectivity index (χ3n) is 2.14. The fourth-order valence-electron chi connectivity index (χ4n) is 1.49. The molecule has 0 radical (unpaired) electrons. The van der Waals surface area contributed by atoms with Crippen molar-refractivity contribution in [3.05, 3.63) is 33.9 Å². The Morgan fingerprint density at radius 1 is 1.43 bits per heavy atom. The summed E-state index contributed by atoms with van der Waals surface area (Å²) in [5.41, 5.74) is 2.12. The molecule has 72 valence electrons. The second kappa shape index (κ2) is 3.13. The molecule has 0 saturated heterocycles. The largest absolute Gasteiger partial charge is 0.477 e. The standard InChI is InChI=1S/C10H8BrNO2/c1-5-2-6(11)3-8-7(5)4-9(12-8)10(13)14/h2-4,12H,1H3,(H,13,14). The molecule has 0 saturated carbocycles. The number of aromatic carboxylic acids is 1. The van der Waals surface area contributed by atoms with E-state index < -0.39 is 5.97 Å². The van der Waals surface area contributed by atoms with Crippen molar-refractivity contribution >= 4 is 32.8 Å². The van der Waals surface area contributed by atoms with Gasteiger partial charge in [-0.3, -0.25) is 0 Å². The van der Waals surface area contributed by atoms with Gasteiger partial charge in [0.2, 0.25) is 0 Å². The van der Waals surface area contributed by atoms with Crippen LogP contribution in [-0.2, 0) is 0 Å². The molecule has 1 heterocycles. The summed E-state index contributed by atoms with van der Waals surface area (Å²) >= 11 is 3.36. The Labute approximate surface area is 88.9 Å². The summed E-state index contributed by atoms with van der Waals surface area (Å²) in [4.78, 5) is 13.6. The Morgan fingerprint density at radius 2 is 2.14 bits per heavy atom. The van der Waals surface area contributed by atoms with Crippen LogP contribution in [0.25, 0.3) is 10.9 Å². The van der Waals surface area contributed by atoms with Crippen LogP contribution in [0.15, 0.2) is 22.7 Å². The van der Waals surface area contributed by atoms with Crippen LogP contribution in [0.4, 0.5) is 0 Å². The van der Waals surface area contributed by atoms with Crippen molar-refractivity contribution in [2.45, 2.75) is 6.92 Å². The lowest BCUT2D eigenvalue weighted by Crippen LogP contribution is -1.94. The molecule has 0 unspecified atom stereocenters. The van der Waals surface area contributed by atoms with E-state index >= 15 is 0 Å². The van der Waals surface area contributed by atoms with Gasteiger partial charge in [-0.05, 0) is 30.7 Å². The number of nitrogens with one attached hydrogen (secondary N) is 1. The number of aryl methyl sites for hydroxylation is 1. The zero-order valence-corrected chi connectivity index (χ0v) is 9.05. The molecule has 0 bridgehead atoms. The fraction of sp³-hybridized carbons (Fsp3) is 0.100. The van der Waals surface area contributed by atoms with Gasteiger partial charge in [-0.1, -0.05) is 15.9 Å². The minimum absolute atomic E-state index is 0.223. The molecule has 0 aliphatic carbocycles. The lowest BCUT2D eigenvalue weighted by molar-refractivity contribution is 0.0691. The summed E-state index contributed by atoms with van der Waals surface area (Å²) in [7, 11) is 0. The molecule has 0 atom stereocenters. The van der Waals surface area contributed by atoms with Crippen LogP contribution in [0.1, 0.15) is 16.1 Å². The van der Waals surface area contributed by atoms with Crippen molar-refractivity contribution in [2.75, 3.05) is 0 Å². The van der Waals surface area contributed by atoms with Crippen molar-refractivity contribution < 1.29 is 9.90 Å². The summed E-state index contributed by atoms with van der Waals surface area (Å²) in [6, 6.07) is 5.48. The van der Waals surface area contributed by atoms with E-state index in [2.05, 4.69) is 20.9 Å². The molecule has 2 rings (SSSR count). The molecule has 1 aromatic heterocycles. The highest BCUT2D eigenvalue weighted by Gasteiger charge is 2.09. The Morgan fingerprint density at radius 3 is 2.79 bits per heavy atom. The van der Waals surface area contributed by atoms with E-state index in [9.17, 15) is 4.79 Å². The molecule has 0 fully saturated rings. The third kappa shape index (κ3) is 1.42. The summed E-state index contributed by atoms with van der Waals surface area (Å²) < 4.78 is 0.946. The Balaban J connectivity index is 2.76. The predicted molar refractivity (Wildman–Crippen MR) is 57.7 cm³/mol. The zero-order valence-electron chi connectivity index (χ0n) is 7.47. The second-order valence-corrected chi connectivity index (χ2v) is 4.09. The van der Waals surface area contributed by atoms with Gasteiger partial charge in [-0.25, -0.2) is 4.79 Å². The van der Waals surface area contributed by atoms with Crippen LogP contribution >= 0.6 is 15.9 Å². The van der Waals surface area contributed by atoms with Crippen molar-refractivity contribution in [3.8, 4) is 0 Å². The first kappa shape index (κ1) is 9.27. The smallest absolute Gasteiger partial charge is 0.352 e. The zero-order chi connectivity index (χ0) is 10.3. The summed E-state index contributed by atoms with van der Waals surface area (Å²) in [5, 5.41) is 9.75. The van der Waals surface area contributed by atoms with Gasteiger partial charge in [0.25, 0.3) is 0 Å². The first-order chi connectivity index (χ1) is 6.58. The molecule has 14 heavy (non-hydrogen) atoms. The van der Waals surface area contributed by atoms with Crippen molar-refractivity contribution in [1.82, 2.24) is 4.98 Å². The topological polar surface area (TPSA) is 53.1 Å². The maximum absolute atomic E-state index is 10.7. The Bertz CT molecular complexity index is 516. The Kier molecular flexibility index (Phi) is 2.07. The molecule has 4 heteroatoms. The van der Waals surface area contributed by atoms with Gasteiger partial charge in [0.05, 0.1) is 0 Å². The molecule has 0 aliphatic rings. The van der Waals surface area contributed by atoms with Gasteiger partial charge in [0.15, 0.2) is 0 Å². The predicted octanol–water partition coefficient (Wildman–Crippen LogP) is 2.94. The van der Waals surface area contributed by atoms with E-state index in [0.29, 0.717) is 0 Å². The average molecular weight is 254 g/mol. The van der Waals surface area contributed by atoms with Gasteiger partial charge in [-0.2, -0.15) is 0 Å². The van der Waals surface area contributed by atoms with Crippen LogP contribution in [-0.4, -0.2) is 16.1 Å². The monoisotopic (exact) mass is 253 g/mol. The number of carbonyl (C=O) groups is 1. The highest BCUT2D eigenvalue weighted by molar-refractivity contribution is 9.10. The molecule has 0 spiro atoms. The molecular weight excluding hydrogens is 246 g/mol. The van der Waals surface area contributed by atoms with E-state index in [1.807, 2.05) is 19.1 Å². The van der Waals surface area contributed by atoms with Gasteiger partial charge >= 0.3 is 5.97 Å². The van der Waals surface area contributed by atoms with E-state index in [4.69, 9.17) is 5.11 Å². The lowest BCUT2D eigenvalue weighted by atomic mass is 10.1. The van der Waals surface area contributed by atoms with Gasteiger partial charge < -0.3 is 10.1 Å². The Hall–Kier alpha value is -1.29. The van der Waals surface area contributed by atoms with Crippen LogP contribution < -0.4 is 0 Å². The number of carboxylic acid groups (broad SMARTS) is 1. The van der Waals surface area contributed by atoms with E-state index in [0.717, 1.165) is 20.9 Å². The number of halogens is 1. The normalized spacial score (nSPS) is 10.7. The minimum Gasteiger partial charge on any atom is -0.477 e. The number of rotatable bonds is 1. The second-order valence-electron chi connectivity index (χ2n) is 3.17. The maximum Gasteiger partial charge on any atom is 0.352 e. The maximum atomic E-state index is 10.7. The molecule has 1 aromatic carbocycles.